The lowest BCUT2D eigenvalue weighted by Gasteiger charge is -2.45. The summed E-state index contributed by atoms with van der Waals surface area (Å²) in [5, 5.41) is 9.40. The maximum absolute atomic E-state index is 12.9. The van der Waals surface area contributed by atoms with E-state index >= 15 is 0 Å². The summed E-state index contributed by atoms with van der Waals surface area (Å²) in [6.45, 7) is 9.13. The Morgan fingerprint density at radius 1 is 1.11 bits per heavy atom. The van der Waals surface area contributed by atoms with Crippen LogP contribution in [0.1, 0.15) is 69.6 Å². The quantitative estimate of drug-likeness (QED) is 0.538. The molecular weight excluding hydrogens is 450 g/mol. The highest BCUT2D eigenvalue weighted by Crippen LogP contribution is 2.47. The largest absolute Gasteiger partial charge is 0.444 e. The molecule has 36 heavy (non-hydrogen) atoms. The van der Waals surface area contributed by atoms with Crippen LogP contribution >= 0.6 is 0 Å². The van der Waals surface area contributed by atoms with Gasteiger partial charge in [0.25, 0.3) is 0 Å². The molecule has 2 aromatic carbocycles. The predicted molar refractivity (Wildman–Crippen MR) is 139 cm³/mol. The van der Waals surface area contributed by atoms with E-state index in [0.29, 0.717) is 31.1 Å². The Morgan fingerprint density at radius 2 is 1.81 bits per heavy atom. The smallest absolute Gasteiger partial charge is 0.410 e. The molecule has 2 fully saturated rings. The summed E-state index contributed by atoms with van der Waals surface area (Å²) in [6.07, 6.45) is 3.01. The van der Waals surface area contributed by atoms with Crippen molar-refractivity contribution in [1.82, 2.24) is 9.80 Å². The topological polar surface area (TPSA) is 73.6 Å². The van der Waals surface area contributed by atoms with Crippen LogP contribution in [0.5, 0.6) is 0 Å². The molecule has 190 valence electrons. The molecule has 1 saturated heterocycles. The Hall–Kier alpha value is -3.33. The maximum Gasteiger partial charge on any atom is 0.410 e. The Balaban J connectivity index is 1.54. The predicted octanol–water partition coefficient (Wildman–Crippen LogP) is 5.52. The van der Waals surface area contributed by atoms with Crippen molar-refractivity contribution in [2.75, 3.05) is 19.6 Å². The average molecular weight is 488 g/mol. The number of rotatable bonds is 6. The number of nitriles is 1. The minimum absolute atomic E-state index is 0.0955. The zero-order valence-corrected chi connectivity index (χ0v) is 21.9. The molecule has 4 rings (SSSR count). The first kappa shape index (κ1) is 25.8. The fraction of sp³-hybridized carbons (Fsp3) is 0.500. The molecule has 0 N–H and O–H groups in total. The van der Waals surface area contributed by atoms with E-state index in [9.17, 15) is 14.9 Å². The van der Waals surface area contributed by atoms with Gasteiger partial charge in [-0.25, -0.2) is 4.79 Å². The Bertz CT molecular complexity index is 1120. The van der Waals surface area contributed by atoms with Crippen molar-refractivity contribution >= 4 is 12.0 Å². The van der Waals surface area contributed by atoms with Crippen molar-refractivity contribution < 1.29 is 14.3 Å². The van der Waals surface area contributed by atoms with Gasteiger partial charge in [0.2, 0.25) is 5.91 Å². The van der Waals surface area contributed by atoms with Crippen LogP contribution in [0.3, 0.4) is 0 Å². The number of amides is 2. The third-order valence-corrected chi connectivity index (χ3v) is 7.41. The SMILES string of the molecule is CC(=O)N(CC1(Cc2cccc(C#N)c2)CCN(C(=O)OC(C)(C)C)CC1)[C@@H]1CC1c1ccccc1. The molecule has 0 radical (unpaired) electrons. The first-order valence-corrected chi connectivity index (χ1v) is 12.9. The number of benzene rings is 2. The molecule has 2 aliphatic rings. The van der Waals surface area contributed by atoms with E-state index in [0.717, 1.165) is 31.2 Å². The number of hydrogen-bond acceptors (Lipinski definition) is 4. The first-order chi connectivity index (χ1) is 17.1. The van der Waals surface area contributed by atoms with Crippen molar-refractivity contribution in [3.63, 3.8) is 0 Å². The zero-order chi connectivity index (χ0) is 25.9. The summed E-state index contributed by atoms with van der Waals surface area (Å²) in [5.74, 6) is 0.467. The molecule has 6 heteroatoms. The molecule has 1 saturated carbocycles. The van der Waals surface area contributed by atoms with Crippen LogP contribution in [0.15, 0.2) is 54.6 Å². The normalized spacial score (nSPS) is 20.8. The van der Waals surface area contributed by atoms with Crippen molar-refractivity contribution in [3.8, 4) is 6.07 Å². The van der Waals surface area contributed by atoms with Crippen LogP contribution < -0.4 is 0 Å². The van der Waals surface area contributed by atoms with E-state index in [4.69, 9.17) is 4.74 Å². The standard InChI is InChI=1S/C30H37N3O3/c1-22(34)33(27-18-26(27)25-11-6-5-7-12-25)21-30(19-23-9-8-10-24(17-23)20-31)13-15-32(16-14-30)28(35)36-29(2,3)4/h5-12,17,26-27H,13-16,18-19,21H2,1-4H3/t26?,27-/m1/s1. The Kier molecular flexibility index (Phi) is 7.40. The third kappa shape index (κ3) is 6.26. The fourth-order valence-corrected chi connectivity index (χ4v) is 5.47. The summed E-state index contributed by atoms with van der Waals surface area (Å²) >= 11 is 0. The number of carbonyl (C=O) groups excluding carboxylic acids is 2. The van der Waals surface area contributed by atoms with Crippen LogP contribution in [0.25, 0.3) is 0 Å². The van der Waals surface area contributed by atoms with Gasteiger partial charge in [-0.1, -0.05) is 42.5 Å². The molecule has 6 nitrogen and oxygen atoms in total. The number of carbonyl (C=O) groups is 2. The molecule has 1 aliphatic heterocycles. The van der Waals surface area contributed by atoms with E-state index in [1.54, 1.807) is 11.8 Å². The van der Waals surface area contributed by atoms with Gasteiger partial charge in [-0.05, 0) is 75.1 Å². The highest BCUT2D eigenvalue weighted by atomic mass is 16.6. The molecule has 0 aromatic heterocycles. The van der Waals surface area contributed by atoms with Crippen molar-refractivity contribution in [2.24, 2.45) is 5.41 Å². The van der Waals surface area contributed by atoms with Gasteiger partial charge in [-0.15, -0.1) is 0 Å². The lowest BCUT2D eigenvalue weighted by Crippen LogP contribution is -2.51. The van der Waals surface area contributed by atoms with Crippen molar-refractivity contribution in [1.29, 1.82) is 5.26 Å². The molecular formula is C30H37N3O3. The first-order valence-electron chi connectivity index (χ1n) is 12.9. The van der Waals surface area contributed by atoms with Gasteiger partial charge in [-0.2, -0.15) is 5.26 Å². The summed E-state index contributed by atoms with van der Waals surface area (Å²) in [5.41, 5.74) is 2.31. The molecule has 1 heterocycles. The van der Waals surface area contributed by atoms with Crippen LogP contribution in [-0.2, 0) is 16.0 Å². The minimum Gasteiger partial charge on any atom is -0.444 e. The van der Waals surface area contributed by atoms with E-state index in [1.807, 2.05) is 45.0 Å². The molecule has 2 atom stereocenters. The third-order valence-electron chi connectivity index (χ3n) is 7.41. The van der Waals surface area contributed by atoms with Gasteiger partial charge < -0.3 is 14.5 Å². The molecule has 1 unspecified atom stereocenters. The second-order valence-corrected chi connectivity index (χ2v) is 11.4. The summed E-state index contributed by atoms with van der Waals surface area (Å²) < 4.78 is 5.61. The highest BCUT2D eigenvalue weighted by Gasteiger charge is 2.47. The number of ether oxygens (including phenoxy) is 1. The van der Waals surface area contributed by atoms with Crippen LogP contribution in [0.4, 0.5) is 4.79 Å². The van der Waals surface area contributed by atoms with Crippen molar-refractivity contribution in [2.45, 2.75) is 70.9 Å². The van der Waals surface area contributed by atoms with Crippen molar-refractivity contribution in [3.05, 3.63) is 71.3 Å². The molecule has 2 aromatic rings. The number of hydrogen-bond donors (Lipinski definition) is 0. The average Bonchev–Trinajstić information content (AvgIpc) is 3.63. The van der Waals surface area contributed by atoms with Crippen LogP contribution in [-0.4, -0.2) is 53.1 Å². The lowest BCUT2D eigenvalue weighted by atomic mass is 9.73. The maximum atomic E-state index is 12.9. The van der Waals surface area contributed by atoms with E-state index in [-0.39, 0.29) is 23.5 Å². The molecule has 1 aliphatic carbocycles. The van der Waals surface area contributed by atoms with Gasteiger partial charge in [0.15, 0.2) is 0 Å². The fourth-order valence-electron chi connectivity index (χ4n) is 5.47. The van der Waals surface area contributed by atoms with E-state index < -0.39 is 5.60 Å². The summed E-state index contributed by atoms with van der Waals surface area (Å²) in [6, 6.07) is 20.6. The molecule has 0 spiro atoms. The number of piperidine rings is 1. The van der Waals surface area contributed by atoms with Gasteiger partial charge in [0, 0.05) is 38.5 Å². The minimum atomic E-state index is -0.535. The van der Waals surface area contributed by atoms with Gasteiger partial charge >= 0.3 is 6.09 Å². The summed E-state index contributed by atoms with van der Waals surface area (Å²) in [7, 11) is 0. The number of nitrogens with zero attached hydrogens (tertiary/aromatic N) is 3. The lowest BCUT2D eigenvalue weighted by molar-refractivity contribution is -0.132. The van der Waals surface area contributed by atoms with Crippen LogP contribution in [0, 0.1) is 16.7 Å². The zero-order valence-electron chi connectivity index (χ0n) is 21.9. The molecule has 2 amide bonds. The van der Waals surface area contributed by atoms with Gasteiger partial charge in [0.05, 0.1) is 11.6 Å². The number of likely N-dealkylation sites (tertiary alicyclic amines) is 1. The highest BCUT2D eigenvalue weighted by molar-refractivity contribution is 5.74. The van der Waals surface area contributed by atoms with Gasteiger partial charge in [-0.3, -0.25) is 4.79 Å². The van der Waals surface area contributed by atoms with Gasteiger partial charge in [0.1, 0.15) is 5.60 Å². The van der Waals surface area contributed by atoms with Crippen LogP contribution in [0.2, 0.25) is 0 Å². The Labute approximate surface area is 214 Å². The Morgan fingerprint density at radius 3 is 2.42 bits per heavy atom. The molecule has 0 bridgehead atoms. The second kappa shape index (κ2) is 10.3. The van der Waals surface area contributed by atoms with E-state index in [1.165, 1.54) is 5.56 Å². The second-order valence-electron chi connectivity index (χ2n) is 11.4. The summed E-state index contributed by atoms with van der Waals surface area (Å²) in [4.78, 5) is 29.5. The monoisotopic (exact) mass is 487 g/mol. The van der Waals surface area contributed by atoms with E-state index in [2.05, 4.69) is 41.3 Å².